The molecular formula is C11H22N4. The monoisotopic (exact) mass is 210 g/mol. The maximum atomic E-state index is 5.46. The molecule has 0 aromatic carbocycles. The Kier molecular flexibility index (Phi) is 5.36. The van der Waals surface area contributed by atoms with Gasteiger partial charge in [-0.15, -0.1) is 0 Å². The fourth-order valence-electron chi connectivity index (χ4n) is 1.36. The summed E-state index contributed by atoms with van der Waals surface area (Å²) >= 11 is 0. The number of imidazole rings is 1. The summed E-state index contributed by atoms with van der Waals surface area (Å²) in [6.45, 7) is 7.87. The molecule has 1 atom stereocenters. The van der Waals surface area contributed by atoms with Crippen molar-refractivity contribution in [1.29, 1.82) is 0 Å². The first-order valence-electron chi connectivity index (χ1n) is 5.67. The molecule has 4 nitrogen and oxygen atoms in total. The second kappa shape index (κ2) is 6.58. The molecule has 0 saturated carbocycles. The molecule has 0 fully saturated rings. The molecule has 0 aliphatic heterocycles. The van der Waals surface area contributed by atoms with Crippen LogP contribution in [0.1, 0.15) is 26.0 Å². The van der Waals surface area contributed by atoms with Gasteiger partial charge < -0.3 is 15.6 Å². The molecule has 0 saturated heterocycles. The van der Waals surface area contributed by atoms with Crippen molar-refractivity contribution < 1.29 is 0 Å². The molecule has 0 radical (unpaired) electrons. The zero-order valence-corrected chi connectivity index (χ0v) is 9.74. The van der Waals surface area contributed by atoms with E-state index in [1.165, 1.54) is 6.42 Å². The topological polar surface area (TPSA) is 55.9 Å². The Morgan fingerprint density at radius 3 is 3.07 bits per heavy atom. The van der Waals surface area contributed by atoms with Gasteiger partial charge in [0.1, 0.15) is 0 Å². The van der Waals surface area contributed by atoms with Gasteiger partial charge in [0.05, 0.1) is 12.0 Å². The van der Waals surface area contributed by atoms with Crippen molar-refractivity contribution in [1.82, 2.24) is 14.9 Å². The lowest BCUT2D eigenvalue weighted by atomic mass is 10.1. The van der Waals surface area contributed by atoms with Crippen molar-refractivity contribution in [3.63, 3.8) is 0 Å². The number of rotatable bonds is 7. The van der Waals surface area contributed by atoms with Gasteiger partial charge in [0.15, 0.2) is 0 Å². The van der Waals surface area contributed by atoms with Crippen molar-refractivity contribution in [2.75, 3.05) is 13.1 Å². The van der Waals surface area contributed by atoms with Crippen LogP contribution >= 0.6 is 0 Å². The summed E-state index contributed by atoms with van der Waals surface area (Å²) in [5, 5.41) is 3.40. The molecule has 1 rings (SSSR count). The van der Waals surface area contributed by atoms with E-state index >= 15 is 0 Å². The van der Waals surface area contributed by atoms with E-state index in [9.17, 15) is 0 Å². The Labute approximate surface area is 91.9 Å². The quantitative estimate of drug-likeness (QED) is 0.705. The lowest BCUT2D eigenvalue weighted by molar-refractivity contribution is 0.497. The van der Waals surface area contributed by atoms with E-state index in [1.807, 2.05) is 10.9 Å². The molecule has 4 heteroatoms. The third kappa shape index (κ3) is 4.44. The van der Waals surface area contributed by atoms with Crippen LogP contribution in [0.4, 0.5) is 0 Å². The van der Waals surface area contributed by atoms with Crippen LogP contribution < -0.4 is 11.1 Å². The molecule has 0 amide bonds. The Bertz CT molecular complexity index is 269. The molecule has 0 aliphatic carbocycles. The highest BCUT2D eigenvalue weighted by molar-refractivity contribution is 4.96. The number of hydrogen-bond donors (Lipinski definition) is 2. The maximum Gasteiger partial charge on any atom is 0.0950 e. The van der Waals surface area contributed by atoms with Crippen LogP contribution in [0.5, 0.6) is 0 Å². The molecule has 0 aliphatic rings. The SMILES string of the molecule is CCC(C)CNCc1cn(CCN)cn1. The molecule has 86 valence electrons. The van der Waals surface area contributed by atoms with Gasteiger partial charge in [0, 0.05) is 25.8 Å². The zero-order valence-electron chi connectivity index (χ0n) is 9.74. The van der Waals surface area contributed by atoms with Crippen LogP contribution in [0.2, 0.25) is 0 Å². The number of nitrogens with one attached hydrogen (secondary N) is 1. The molecule has 3 N–H and O–H groups in total. The van der Waals surface area contributed by atoms with E-state index in [1.54, 1.807) is 0 Å². The Hall–Kier alpha value is -0.870. The third-order valence-electron chi connectivity index (χ3n) is 2.57. The van der Waals surface area contributed by atoms with Gasteiger partial charge in [-0.1, -0.05) is 20.3 Å². The Morgan fingerprint density at radius 2 is 2.40 bits per heavy atom. The van der Waals surface area contributed by atoms with Crippen molar-refractivity contribution in [3.05, 3.63) is 18.2 Å². The molecule has 1 heterocycles. The minimum absolute atomic E-state index is 0.663. The minimum atomic E-state index is 0.663. The molecule has 1 aromatic rings. The number of nitrogens with zero attached hydrogens (tertiary/aromatic N) is 2. The smallest absolute Gasteiger partial charge is 0.0950 e. The van der Waals surface area contributed by atoms with Gasteiger partial charge in [-0.25, -0.2) is 4.98 Å². The average molecular weight is 210 g/mol. The standard InChI is InChI=1S/C11H22N4/c1-3-10(2)6-13-7-11-8-15(5-4-12)9-14-11/h8-10,13H,3-7,12H2,1-2H3. The first-order valence-corrected chi connectivity index (χ1v) is 5.67. The fourth-order valence-corrected chi connectivity index (χ4v) is 1.36. The van der Waals surface area contributed by atoms with Crippen LogP contribution in [-0.4, -0.2) is 22.6 Å². The van der Waals surface area contributed by atoms with Crippen LogP contribution in [0.25, 0.3) is 0 Å². The second-order valence-electron chi connectivity index (χ2n) is 4.04. The molecule has 0 bridgehead atoms. The van der Waals surface area contributed by atoms with Crippen molar-refractivity contribution in [2.45, 2.75) is 33.4 Å². The first kappa shape index (κ1) is 12.2. The predicted molar refractivity (Wildman–Crippen MR) is 62.4 cm³/mol. The summed E-state index contributed by atoms with van der Waals surface area (Å²) in [4.78, 5) is 4.30. The summed E-state index contributed by atoms with van der Waals surface area (Å²) in [6, 6.07) is 0. The van der Waals surface area contributed by atoms with Gasteiger partial charge in [0.2, 0.25) is 0 Å². The third-order valence-corrected chi connectivity index (χ3v) is 2.57. The van der Waals surface area contributed by atoms with E-state index in [2.05, 4.69) is 30.3 Å². The highest BCUT2D eigenvalue weighted by Crippen LogP contribution is 1.99. The number of hydrogen-bond acceptors (Lipinski definition) is 3. The van der Waals surface area contributed by atoms with Crippen LogP contribution in [-0.2, 0) is 13.1 Å². The summed E-state index contributed by atoms with van der Waals surface area (Å²) in [5.41, 5.74) is 6.55. The summed E-state index contributed by atoms with van der Waals surface area (Å²) in [7, 11) is 0. The van der Waals surface area contributed by atoms with Gasteiger partial charge in [-0.2, -0.15) is 0 Å². The van der Waals surface area contributed by atoms with Gasteiger partial charge >= 0.3 is 0 Å². The van der Waals surface area contributed by atoms with Gasteiger partial charge in [-0.05, 0) is 12.5 Å². The summed E-state index contributed by atoms with van der Waals surface area (Å²) in [6.07, 6.45) is 5.11. The van der Waals surface area contributed by atoms with Crippen LogP contribution in [0.3, 0.4) is 0 Å². The molecule has 1 aromatic heterocycles. The second-order valence-corrected chi connectivity index (χ2v) is 4.04. The van der Waals surface area contributed by atoms with E-state index < -0.39 is 0 Å². The van der Waals surface area contributed by atoms with Crippen LogP contribution in [0, 0.1) is 5.92 Å². The summed E-state index contributed by atoms with van der Waals surface area (Å²) < 4.78 is 2.03. The Balaban J connectivity index is 2.25. The summed E-state index contributed by atoms with van der Waals surface area (Å²) in [5.74, 6) is 0.733. The first-order chi connectivity index (χ1) is 7.26. The zero-order chi connectivity index (χ0) is 11.1. The minimum Gasteiger partial charge on any atom is -0.336 e. The maximum absolute atomic E-state index is 5.46. The van der Waals surface area contributed by atoms with Gasteiger partial charge in [-0.3, -0.25) is 0 Å². The fraction of sp³-hybridized carbons (Fsp3) is 0.727. The van der Waals surface area contributed by atoms with Gasteiger partial charge in [0.25, 0.3) is 0 Å². The predicted octanol–water partition coefficient (Wildman–Crippen LogP) is 0.978. The van der Waals surface area contributed by atoms with E-state index in [-0.39, 0.29) is 0 Å². The lowest BCUT2D eigenvalue weighted by Gasteiger charge is -2.08. The molecule has 0 spiro atoms. The molecule has 15 heavy (non-hydrogen) atoms. The van der Waals surface area contributed by atoms with Crippen molar-refractivity contribution in [3.8, 4) is 0 Å². The van der Waals surface area contributed by atoms with Crippen molar-refractivity contribution in [2.24, 2.45) is 11.7 Å². The largest absolute Gasteiger partial charge is 0.336 e. The molecular weight excluding hydrogens is 188 g/mol. The normalized spacial score (nSPS) is 13.0. The van der Waals surface area contributed by atoms with Crippen molar-refractivity contribution >= 4 is 0 Å². The van der Waals surface area contributed by atoms with E-state index in [4.69, 9.17) is 5.73 Å². The van der Waals surface area contributed by atoms with Crippen LogP contribution in [0.15, 0.2) is 12.5 Å². The highest BCUT2D eigenvalue weighted by Gasteiger charge is 2.00. The Morgan fingerprint density at radius 1 is 1.60 bits per heavy atom. The average Bonchev–Trinajstić information content (AvgIpc) is 2.66. The highest BCUT2D eigenvalue weighted by atomic mass is 15.0. The lowest BCUT2D eigenvalue weighted by Crippen LogP contribution is -2.20. The van der Waals surface area contributed by atoms with E-state index in [0.717, 1.165) is 31.2 Å². The molecule has 1 unspecified atom stereocenters. The number of aromatic nitrogens is 2. The number of nitrogens with two attached hydrogens (primary N) is 1. The van der Waals surface area contributed by atoms with E-state index in [0.29, 0.717) is 6.54 Å².